The quantitative estimate of drug-likeness (QED) is 0.311. The van der Waals surface area contributed by atoms with Crippen LogP contribution in [0.5, 0.6) is 0 Å². The van der Waals surface area contributed by atoms with Crippen LogP contribution in [0.1, 0.15) is 90.9 Å². The highest BCUT2D eigenvalue weighted by atomic mass is 16.4. The number of carbonyl (C=O) groups is 2. The van der Waals surface area contributed by atoms with Crippen LogP contribution in [0.3, 0.4) is 0 Å². The molecule has 5 heteroatoms. The number of aliphatic hydroxyl groups is 1. The Labute approximate surface area is 146 Å². The average molecular weight is 344 g/mol. The number of aliphatic carboxylic acids is 2. The molecule has 142 valence electrons. The summed E-state index contributed by atoms with van der Waals surface area (Å²) in [6, 6.07) is 0. The first-order valence-electron chi connectivity index (χ1n) is 9.12. The summed E-state index contributed by atoms with van der Waals surface area (Å²) in [6.07, 6.45) is 12.9. The van der Waals surface area contributed by atoms with Gasteiger partial charge in [0.25, 0.3) is 0 Å². The van der Waals surface area contributed by atoms with Crippen LogP contribution in [0, 0.1) is 0 Å². The van der Waals surface area contributed by atoms with Crippen LogP contribution in [0.15, 0.2) is 12.2 Å². The Balaban J connectivity index is 0. The predicted octanol–water partition coefficient (Wildman–Crippen LogP) is 4.78. The Morgan fingerprint density at radius 3 is 1.46 bits per heavy atom. The maximum absolute atomic E-state index is 10.4. The van der Waals surface area contributed by atoms with Crippen molar-refractivity contribution in [2.75, 3.05) is 0 Å². The summed E-state index contributed by atoms with van der Waals surface area (Å²) in [5.41, 5.74) is 0.176. The number of carboxylic acids is 2. The van der Waals surface area contributed by atoms with Crippen LogP contribution < -0.4 is 0 Å². The molecule has 0 aliphatic carbocycles. The molecule has 0 aromatic carbocycles. The van der Waals surface area contributed by atoms with Gasteiger partial charge < -0.3 is 15.3 Å². The third kappa shape index (κ3) is 20.6. The van der Waals surface area contributed by atoms with E-state index in [2.05, 4.69) is 13.5 Å². The van der Waals surface area contributed by atoms with E-state index in [0.29, 0.717) is 6.42 Å². The largest absolute Gasteiger partial charge is 0.479 e. The molecule has 0 radical (unpaired) electrons. The van der Waals surface area contributed by atoms with Gasteiger partial charge in [-0.25, -0.2) is 9.59 Å². The fourth-order valence-corrected chi connectivity index (χ4v) is 2.13. The summed E-state index contributed by atoms with van der Waals surface area (Å²) in [6.45, 7) is 6.84. The smallest absolute Gasteiger partial charge is 0.332 e. The second-order valence-electron chi connectivity index (χ2n) is 6.26. The predicted molar refractivity (Wildman–Crippen MR) is 97.2 cm³/mol. The monoisotopic (exact) mass is 344 g/mol. The van der Waals surface area contributed by atoms with E-state index in [1.165, 1.54) is 64.7 Å². The van der Waals surface area contributed by atoms with E-state index in [9.17, 15) is 9.59 Å². The van der Waals surface area contributed by atoms with Crippen LogP contribution in [0.2, 0.25) is 0 Å². The van der Waals surface area contributed by atoms with Crippen molar-refractivity contribution < 1.29 is 24.9 Å². The second-order valence-corrected chi connectivity index (χ2v) is 6.26. The van der Waals surface area contributed by atoms with Gasteiger partial charge in [0.1, 0.15) is 0 Å². The second kappa shape index (κ2) is 18.0. The number of aliphatic hydroxyl groups excluding tert-OH is 1. The number of unbranched alkanes of at least 4 members (excludes halogenated alkanes) is 10. The highest BCUT2D eigenvalue weighted by Gasteiger charge is 2.11. The molecule has 0 aromatic rings. The van der Waals surface area contributed by atoms with E-state index in [0.717, 1.165) is 12.8 Å². The van der Waals surface area contributed by atoms with Crippen LogP contribution in [0.4, 0.5) is 0 Å². The van der Waals surface area contributed by atoms with E-state index in [-0.39, 0.29) is 5.57 Å². The topological polar surface area (TPSA) is 94.8 Å². The van der Waals surface area contributed by atoms with Gasteiger partial charge in [-0.3, -0.25) is 0 Å². The summed E-state index contributed by atoms with van der Waals surface area (Å²) in [4.78, 5) is 20.0. The van der Waals surface area contributed by atoms with Gasteiger partial charge in [-0.15, -0.1) is 0 Å². The number of carboxylic acid groups (broad SMARTS) is 2. The van der Waals surface area contributed by atoms with Crippen LogP contribution in [-0.2, 0) is 9.59 Å². The van der Waals surface area contributed by atoms with E-state index < -0.39 is 18.0 Å². The molecule has 0 spiro atoms. The molecule has 0 bridgehead atoms. The van der Waals surface area contributed by atoms with E-state index >= 15 is 0 Å². The maximum Gasteiger partial charge on any atom is 0.332 e. The third-order valence-corrected chi connectivity index (χ3v) is 3.73. The SMILES string of the molecule is C=C(C)C(=O)O.CCCCCCCCCCCCCC(O)C(=O)O. The summed E-state index contributed by atoms with van der Waals surface area (Å²) in [5, 5.41) is 25.5. The zero-order valence-electron chi connectivity index (χ0n) is 15.4. The van der Waals surface area contributed by atoms with Gasteiger partial charge in [-0.1, -0.05) is 84.1 Å². The minimum Gasteiger partial charge on any atom is -0.479 e. The molecule has 0 saturated heterocycles. The van der Waals surface area contributed by atoms with Crippen LogP contribution in [0.25, 0.3) is 0 Å². The highest BCUT2D eigenvalue weighted by molar-refractivity contribution is 5.84. The lowest BCUT2D eigenvalue weighted by Crippen LogP contribution is -2.18. The van der Waals surface area contributed by atoms with Gasteiger partial charge in [0.2, 0.25) is 0 Å². The molecule has 3 N–H and O–H groups in total. The third-order valence-electron chi connectivity index (χ3n) is 3.73. The Morgan fingerprint density at radius 1 is 0.833 bits per heavy atom. The fourth-order valence-electron chi connectivity index (χ4n) is 2.13. The fraction of sp³-hybridized carbons (Fsp3) is 0.789. The van der Waals surface area contributed by atoms with Crippen molar-refractivity contribution in [2.45, 2.75) is 97.0 Å². The molecule has 5 nitrogen and oxygen atoms in total. The maximum atomic E-state index is 10.4. The number of rotatable bonds is 14. The summed E-state index contributed by atoms with van der Waals surface area (Å²) >= 11 is 0. The van der Waals surface area contributed by atoms with Crippen molar-refractivity contribution in [3.05, 3.63) is 12.2 Å². The lowest BCUT2D eigenvalue weighted by atomic mass is 10.0. The van der Waals surface area contributed by atoms with Crippen molar-refractivity contribution in [1.29, 1.82) is 0 Å². The molecule has 0 saturated carbocycles. The highest BCUT2D eigenvalue weighted by Crippen LogP contribution is 2.12. The van der Waals surface area contributed by atoms with Crippen molar-refractivity contribution in [3.63, 3.8) is 0 Å². The molecule has 0 aliphatic rings. The van der Waals surface area contributed by atoms with Crippen molar-refractivity contribution in [2.24, 2.45) is 0 Å². The molecule has 24 heavy (non-hydrogen) atoms. The van der Waals surface area contributed by atoms with Crippen molar-refractivity contribution in [3.8, 4) is 0 Å². The first-order chi connectivity index (χ1) is 11.3. The first-order valence-corrected chi connectivity index (χ1v) is 9.12. The van der Waals surface area contributed by atoms with Gasteiger partial charge in [-0.05, 0) is 13.3 Å². The molecule has 0 amide bonds. The summed E-state index contributed by atoms with van der Waals surface area (Å²) in [5.74, 6) is -2.03. The molecule has 0 aromatic heterocycles. The van der Waals surface area contributed by atoms with Gasteiger partial charge in [0.15, 0.2) is 6.10 Å². The van der Waals surface area contributed by atoms with Crippen LogP contribution >= 0.6 is 0 Å². The van der Waals surface area contributed by atoms with Crippen molar-refractivity contribution >= 4 is 11.9 Å². The number of hydrogen-bond donors (Lipinski definition) is 3. The van der Waals surface area contributed by atoms with Gasteiger partial charge >= 0.3 is 11.9 Å². The summed E-state index contributed by atoms with van der Waals surface area (Å²) in [7, 11) is 0. The van der Waals surface area contributed by atoms with Gasteiger partial charge in [-0.2, -0.15) is 0 Å². The van der Waals surface area contributed by atoms with Gasteiger partial charge in [0.05, 0.1) is 0 Å². The van der Waals surface area contributed by atoms with Crippen molar-refractivity contribution in [1.82, 2.24) is 0 Å². The molecule has 0 aliphatic heterocycles. The standard InChI is InChI=1S/C15H30O3.C4H6O2/c1-2-3-4-5-6-7-8-9-10-11-12-13-14(16)15(17)18;1-3(2)4(5)6/h14,16H,2-13H2,1H3,(H,17,18);1H2,2H3,(H,5,6). The molecular weight excluding hydrogens is 308 g/mol. The lowest BCUT2D eigenvalue weighted by molar-refractivity contribution is -0.147. The van der Waals surface area contributed by atoms with Gasteiger partial charge in [0, 0.05) is 5.57 Å². The molecule has 1 unspecified atom stereocenters. The Morgan fingerprint density at radius 2 is 1.17 bits per heavy atom. The molecule has 0 rings (SSSR count). The lowest BCUT2D eigenvalue weighted by Gasteiger charge is -2.05. The minimum atomic E-state index is -1.16. The van der Waals surface area contributed by atoms with E-state index in [1.807, 2.05) is 0 Å². The van der Waals surface area contributed by atoms with Crippen LogP contribution in [-0.4, -0.2) is 33.4 Å². The summed E-state index contributed by atoms with van der Waals surface area (Å²) < 4.78 is 0. The zero-order valence-corrected chi connectivity index (χ0v) is 15.4. The Bertz CT molecular complexity index is 327. The Kier molecular flexibility index (Phi) is 18.7. The molecule has 0 heterocycles. The van der Waals surface area contributed by atoms with E-state index in [4.69, 9.17) is 15.3 Å². The molecule has 0 fully saturated rings. The molecular formula is C19H36O5. The van der Waals surface area contributed by atoms with E-state index in [1.54, 1.807) is 0 Å². The average Bonchev–Trinajstić information content (AvgIpc) is 2.52. The normalized spacial score (nSPS) is 11.3. The minimum absolute atomic E-state index is 0.176. The Hall–Kier alpha value is -1.36. The zero-order chi connectivity index (χ0) is 18.8. The first kappa shape index (κ1) is 24.9. The number of hydrogen-bond acceptors (Lipinski definition) is 3. The molecule has 1 atom stereocenters.